The molecule has 3 aliphatic rings. The van der Waals surface area contributed by atoms with Gasteiger partial charge in [0.1, 0.15) is 16.8 Å². The summed E-state index contributed by atoms with van der Waals surface area (Å²) in [5.41, 5.74) is 11.0. The van der Waals surface area contributed by atoms with Crippen LogP contribution >= 0.6 is 0 Å². The fourth-order valence-electron chi connectivity index (χ4n) is 4.24. The molecule has 1 aliphatic carbocycles. The van der Waals surface area contributed by atoms with Crippen LogP contribution in [0, 0.1) is 18.8 Å². The molecule has 0 radical (unpaired) electrons. The predicted molar refractivity (Wildman–Crippen MR) is 95.2 cm³/mol. The number of nitrogens with two attached hydrogens (primary N) is 1. The Labute approximate surface area is 145 Å². The molecule has 2 bridgehead atoms. The van der Waals surface area contributed by atoms with Gasteiger partial charge in [0.15, 0.2) is 5.58 Å². The van der Waals surface area contributed by atoms with Crippen molar-refractivity contribution in [2.75, 3.05) is 11.4 Å². The van der Waals surface area contributed by atoms with E-state index in [0.717, 1.165) is 47.2 Å². The molecular formula is C19H20N4O2. The highest BCUT2D eigenvalue weighted by atomic mass is 16.3. The van der Waals surface area contributed by atoms with Crippen LogP contribution in [0.5, 0.6) is 0 Å². The zero-order chi connectivity index (χ0) is 17.3. The van der Waals surface area contributed by atoms with Crippen molar-refractivity contribution in [3.8, 4) is 0 Å². The molecule has 128 valence electrons. The molecule has 2 aromatic heterocycles. The monoisotopic (exact) mass is 336 g/mol. The molecule has 0 spiro atoms. The summed E-state index contributed by atoms with van der Waals surface area (Å²) in [6.45, 7) is 4.71. The number of furan rings is 1. The Balaban J connectivity index is 1.76. The van der Waals surface area contributed by atoms with Crippen molar-refractivity contribution < 1.29 is 9.21 Å². The van der Waals surface area contributed by atoms with Gasteiger partial charge in [-0.3, -0.25) is 4.79 Å². The maximum Gasteiger partial charge on any atom is 0.230 e. The second-order valence-electron chi connectivity index (χ2n) is 7.51. The van der Waals surface area contributed by atoms with Crippen LogP contribution in [0.25, 0.3) is 22.1 Å². The Morgan fingerprint density at radius 1 is 1.32 bits per heavy atom. The van der Waals surface area contributed by atoms with E-state index in [2.05, 4.69) is 10.2 Å². The van der Waals surface area contributed by atoms with E-state index >= 15 is 0 Å². The van der Waals surface area contributed by atoms with Gasteiger partial charge in [-0.2, -0.15) is 5.10 Å². The number of carbonyl (C=O) groups is 1. The lowest BCUT2D eigenvalue weighted by atomic mass is 9.70. The first-order valence-electron chi connectivity index (χ1n) is 8.78. The number of benzene rings is 1. The maximum atomic E-state index is 12.7. The maximum absolute atomic E-state index is 12.7. The molecule has 3 aromatic rings. The lowest BCUT2D eigenvalue weighted by Crippen LogP contribution is -2.53. The third-order valence-electron chi connectivity index (χ3n) is 5.58. The van der Waals surface area contributed by atoms with Crippen molar-refractivity contribution in [2.24, 2.45) is 17.6 Å². The number of aryl methyl sites for hydroxylation is 1. The minimum atomic E-state index is -0.149. The summed E-state index contributed by atoms with van der Waals surface area (Å²) in [5, 5.41) is 9.36. The smallest absolute Gasteiger partial charge is 0.230 e. The van der Waals surface area contributed by atoms with Gasteiger partial charge in [0, 0.05) is 29.5 Å². The Morgan fingerprint density at radius 2 is 2.12 bits per heavy atom. The first-order valence-corrected chi connectivity index (χ1v) is 8.78. The number of anilines is 1. The standard InChI is InChI=1S/C19H20N4O2/c1-9-3-13(10(2)20)17-14(4-9)16-18(25-17)15(7-21-22-16)23-8-11-5-12(6-11)19(23)24/h3-4,7,10-12H,5-6,8,20H2,1-2H3/t10-,11?,12?/m1/s1. The van der Waals surface area contributed by atoms with E-state index in [1.807, 2.05) is 30.9 Å². The molecule has 2 N–H and O–H groups in total. The molecule has 3 fully saturated rings. The molecule has 2 saturated heterocycles. The van der Waals surface area contributed by atoms with Crippen LogP contribution in [0.1, 0.15) is 36.9 Å². The number of hydrogen-bond donors (Lipinski definition) is 1. The molecular weight excluding hydrogens is 316 g/mol. The topological polar surface area (TPSA) is 85.2 Å². The molecule has 6 heteroatoms. The first-order chi connectivity index (χ1) is 12.0. The van der Waals surface area contributed by atoms with Gasteiger partial charge in [-0.1, -0.05) is 6.07 Å². The van der Waals surface area contributed by atoms with Crippen LogP contribution in [0.4, 0.5) is 5.69 Å². The van der Waals surface area contributed by atoms with Crippen LogP contribution in [0.2, 0.25) is 0 Å². The summed E-state index contributed by atoms with van der Waals surface area (Å²) >= 11 is 0. The minimum absolute atomic E-state index is 0.149. The summed E-state index contributed by atoms with van der Waals surface area (Å²) in [6.07, 6.45) is 3.68. The Hall–Kier alpha value is -2.47. The van der Waals surface area contributed by atoms with E-state index < -0.39 is 0 Å². The molecule has 25 heavy (non-hydrogen) atoms. The highest BCUT2D eigenvalue weighted by Gasteiger charge is 2.44. The summed E-state index contributed by atoms with van der Waals surface area (Å²) in [7, 11) is 0. The van der Waals surface area contributed by atoms with E-state index in [4.69, 9.17) is 10.2 Å². The molecule has 1 aromatic carbocycles. The lowest BCUT2D eigenvalue weighted by Gasteiger charge is -2.45. The molecule has 1 atom stereocenters. The highest BCUT2D eigenvalue weighted by molar-refractivity contribution is 6.10. The fourth-order valence-corrected chi connectivity index (χ4v) is 4.24. The second kappa shape index (κ2) is 5.02. The van der Waals surface area contributed by atoms with E-state index in [0.29, 0.717) is 17.0 Å². The third kappa shape index (κ3) is 2.03. The van der Waals surface area contributed by atoms with Gasteiger partial charge in [-0.15, -0.1) is 5.10 Å². The predicted octanol–water partition coefficient (Wildman–Crippen LogP) is 3.08. The third-order valence-corrected chi connectivity index (χ3v) is 5.58. The summed E-state index contributed by atoms with van der Waals surface area (Å²) < 4.78 is 6.21. The van der Waals surface area contributed by atoms with Gasteiger partial charge in [0.05, 0.1) is 6.20 Å². The van der Waals surface area contributed by atoms with Crippen LogP contribution in [0.15, 0.2) is 22.7 Å². The number of piperidine rings is 2. The number of hydrogen-bond acceptors (Lipinski definition) is 5. The van der Waals surface area contributed by atoms with Gasteiger partial charge >= 0.3 is 0 Å². The molecule has 4 heterocycles. The normalized spacial score (nSPS) is 24.0. The van der Waals surface area contributed by atoms with Crippen LogP contribution in [-0.4, -0.2) is 22.6 Å². The van der Waals surface area contributed by atoms with Crippen molar-refractivity contribution in [3.05, 3.63) is 29.5 Å². The lowest BCUT2D eigenvalue weighted by molar-refractivity contribution is -0.129. The van der Waals surface area contributed by atoms with E-state index in [-0.39, 0.29) is 17.9 Å². The van der Waals surface area contributed by atoms with Crippen molar-refractivity contribution in [1.29, 1.82) is 0 Å². The number of nitrogens with zero attached hydrogens (tertiary/aromatic N) is 3. The van der Waals surface area contributed by atoms with E-state index in [1.54, 1.807) is 6.20 Å². The number of carbonyl (C=O) groups excluding carboxylic acids is 1. The fraction of sp³-hybridized carbons (Fsp3) is 0.421. The van der Waals surface area contributed by atoms with E-state index in [9.17, 15) is 4.79 Å². The Bertz CT molecular complexity index is 1020. The van der Waals surface area contributed by atoms with Crippen molar-refractivity contribution >= 4 is 33.7 Å². The zero-order valence-electron chi connectivity index (χ0n) is 14.3. The number of rotatable bonds is 2. The van der Waals surface area contributed by atoms with Crippen LogP contribution in [-0.2, 0) is 4.79 Å². The molecule has 2 aliphatic heterocycles. The second-order valence-corrected chi connectivity index (χ2v) is 7.51. The summed E-state index contributed by atoms with van der Waals surface area (Å²) in [6, 6.07) is 3.94. The number of aromatic nitrogens is 2. The first kappa shape index (κ1) is 14.8. The Kier molecular flexibility index (Phi) is 2.98. The quantitative estimate of drug-likeness (QED) is 0.777. The minimum Gasteiger partial charge on any atom is -0.452 e. The van der Waals surface area contributed by atoms with E-state index in [1.165, 1.54) is 0 Å². The molecule has 1 amide bonds. The molecule has 6 rings (SSSR count). The average Bonchev–Trinajstić information content (AvgIpc) is 2.91. The molecule has 6 nitrogen and oxygen atoms in total. The van der Waals surface area contributed by atoms with Crippen molar-refractivity contribution in [3.63, 3.8) is 0 Å². The number of amides is 1. The summed E-state index contributed by atoms with van der Waals surface area (Å²) in [5.74, 6) is 0.936. The van der Waals surface area contributed by atoms with Gasteiger partial charge in [0.2, 0.25) is 5.91 Å². The largest absolute Gasteiger partial charge is 0.452 e. The van der Waals surface area contributed by atoms with Gasteiger partial charge in [0.25, 0.3) is 0 Å². The summed E-state index contributed by atoms with van der Waals surface area (Å²) in [4.78, 5) is 14.5. The zero-order valence-corrected chi connectivity index (χ0v) is 14.3. The van der Waals surface area contributed by atoms with Gasteiger partial charge < -0.3 is 15.1 Å². The Morgan fingerprint density at radius 3 is 2.84 bits per heavy atom. The molecule has 0 unspecified atom stereocenters. The average molecular weight is 336 g/mol. The number of fused-ring (bicyclic) bond motifs is 5. The highest BCUT2D eigenvalue weighted by Crippen LogP contribution is 2.44. The van der Waals surface area contributed by atoms with Gasteiger partial charge in [-0.05, 0) is 44.2 Å². The van der Waals surface area contributed by atoms with Crippen molar-refractivity contribution in [1.82, 2.24) is 10.2 Å². The SMILES string of the molecule is Cc1cc([C@@H](C)N)c2oc3c(N4CC5CC(C5)C4=O)cnnc3c2c1. The van der Waals surface area contributed by atoms with Crippen LogP contribution in [0.3, 0.4) is 0 Å². The van der Waals surface area contributed by atoms with Crippen LogP contribution < -0.4 is 10.6 Å². The van der Waals surface area contributed by atoms with Gasteiger partial charge in [-0.25, -0.2) is 0 Å². The van der Waals surface area contributed by atoms with Crippen molar-refractivity contribution in [2.45, 2.75) is 32.7 Å². The molecule has 1 saturated carbocycles.